The van der Waals surface area contributed by atoms with Gasteiger partial charge < -0.3 is 10.6 Å². The lowest BCUT2D eigenvalue weighted by Gasteiger charge is -2.14. The molecule has 1 amide bonds. The summed E-state index contributed by atoms with van der Waals surface area (Å²) >= 11 is 0. The van der Waals surface area contributed by atoms with Crippen LogP contribution in [0, 0.1) is 0 Å². The highest BCUT2D eigenvalue weighted by atomic mass is 16.6. The first-order valence-electron chi connectivity index (χ1n) is 4.89. The van der Waals surface area contributed by atoms with E-state index in [0.717, 1.165) is 5.56 Å². The van der Waals surface area contributed by atoms with E-state index in [1.165, 1.54) is 4.90 Å². The minimum absolute atomic E-state index is 0.00645. The second-order valence-electron chi connectivity index (χ2n) is 3.68. The molecule has 0 aliphatic heterocycles. The van der Waals surface area contributed by atoms with E-state index < -0.39 is 0 Å². The maximum atomic E-state index is 11.9. The number of aryl methyl sites for hydroxylation is 1. The van der Waals surface area contributed by atoms with Gasteiger partial charge in [0, 0.05) is 32.4 Å². The number of anilines is 1. The van der Waals surface area contributed by atoms with Gasteiger partial charge in [0.2, 0.25) is 11.5 Å². The van der Waals surface area contributed by atoms with E-state index in [0.29, 0.717) is 6.54 Å². The Kier molecular flexibility index (Phi) is 2.77. The Morgan fingerprint density at radius 1 is 1.59 bits per heavy atom. The van der Waals surface area contributed by atoms with Crippen LogP contribution in [0.15, 0.2) is 17.0 Å². The van der Waals surface area contributed by atoms with Crippen LogP contribution in [0.3, 0.4) is 0 Å². The minimum atomic E-state index is -0.340. The molecule has 0 radical (unpaired) electrons. The number of carbonyl (C=O) groups is 1. The van der Waals surface area contributed by atoms with Gasteiger partial charge in [0.1, 0.15) is 0 Å². The lowest BCUT2D eigenvalue weighted by molar-refractivity contribution is 0.0774. The molecule has 0 aliphatic carbocycles. The first kappa shape index (κ1) is 11.1. The van der Waals surface area contributed by atoms with E-state index in [9.17, 15) is 4.79 Å². The highest BCUT2D eigenvalue weighted by molar-refractivity contribution is 5.95. The van der Waals surface area contributed by atoms with Gasteiger partial charge in [-0.1, -0.05) is 0 Å². The molecule has 0 saturated carbocycles. The number of nitrogen functional groups attached to an aromatic ring is 1. The molecule has 8 heteroatoms. The maximum Gasteiger partial charge on any atom is 0.280 e. The number of rotatable bonds is 3. The van der Waals surface area contributed by atoms with Gasteiger partial charge in [-0.05, 0) is 10.3 Å². The first-order valence-corrected chi connectivity index (χ1v) is 4.89. The molecule has 2 N–H and O–H groups in total. The van der Waals surface area contributed by atoms with Crippen LogP contribution in [-0.4, -0.2) is 37.9 Å². The minimum Gasteiger partial charge on any atom is -0.379 e. The summed E-state index contributed by atoms with van der Waals surface area (Å²) < 4.78 is 6.05. The SMILES string of the molecule is CN(Cc1cnn(C)c1)C(=O)c1nonc1N. The zero-order chi connectivity index (χ0) is 12.4. The van der Waals surface area contributed by atoms with E-state index >= 15 is 0 Å². The van der Waals surface area contributed by atoms with Crippen LogP contribution in [0.2, 0.25) is 0 Å². The molecule has 0 aliphatic rings. The molecular weight excluding hydrogens is 224 g/mol. The summed E-state index contributed by atoms with van der Waals surface area (Å²) in [6.07, 6.45) is 3.52. The van der Waals surface area contributed by atoms with Gasteiger partial charge in [0.25, 0.3) is 5.91 Å². The molecule has 0 aromatic carbocycles. The van der Waals surface area contributed by atoms with Crippen molar-refractivity contribution in [2.75, 3.05) is 12.8 Å². The molecule has 0 spiro atoms. The zero-order valence-corrected chi connectivity index (χ0v) is 9.49. The molecule has 0 saturated heterocycles. The molecule has 2 aromatic heterocycles. The third kappa shape index (κ3) is 2.25. The largest absolute Gasteiger partial charge is 0.379 e. The van der Waals surface area contributed by atoms with Gasteiger partial charge >= 0.3 is 0 Å². The quantitative estimate of drug-likeness (QED) is 0.781. The van der Waals surface area contributed by atoms with E-state index in [4.69, 9.17) is 5.73 Å². The average Bonchev–Trinajstić information content (AvgIpc) is 2.86. The zero-order valence-electron chi connectivity index (χ0n) is 9.49. The molecule has 0 atom stereocenters. The number of amides is 1. The average molecular weight is 236 g/mol. The molecule has 0 bridgehead atoms. The fraction of sp³-hybridized carbons (Fsp3) is 0.333. The maximum absolute atomic E-state index is 11.9. The topological polar surface area (TPSA) is 103 Å². The summed E-state index contributed by atoms with van der Waals surface area (Å²) in [6.45, 7) is 0.416. The van der Waals surface area contributed by atoms with Gasteiger partial charge in [-0.15, -0.1) is 0 Å². The number of aromatic nitrogens is 4. The highest BCUT2D eigenvalue weighted by Gasteiger charge is 2.20. The summed E-state index contributed by atoms with van der Waals surface area (Å²) in [5.74, 6) is -0.347. The third-order valence-electron chi connectivity index (χ3n) is 2.24. The lowest BCUT2D eigenvalue weighted by atomic mass is 10.3. The van der Waals surface area contributed by atoms with Crippen LogP contribution in [0.4, 0.5) is 5.82 Å². The number of nitrogens with two attached hydrogens (primary N) is 1. The normalized spacial score (nSPS) is 10.5. The van der Waals surface area contributed by atoms with Crippen molar-refractivity contribution in [3.8, 4) is 0 Å². The molecule has 90 valence electrons. The summed E-state index contributed by atoms with van der Waals surface area (Å²) in [4.78, 5) is 13.4. The van der Waals surface area contributed by atoms with Crippen molar-refractivity contribution in [2.45, 2.75) is 6.54 Å². The monoisotopic (exact) mass is 236 g/mol. The fourth-order valence-electron chi connectivity index (χ4n) is 1.42. The predicted octanol–water partition coefficient (Wildman–Crippen LogP) is -0.342. The summed E-state index contributed by atoms with van der Waals surface area (Å²) in [5, 5.41) is 10.8. The summed E-state index contributed by atoms with van der Waals surface area (Å²) in [7, 11) is 3.45. The predicted molar refractivity (Wildman–Crippen MR) is 57.7 cm³/mol. The molecule has 0 unspecified atom stereocenters. The Morgan fingerprint density at radius 2 is 2.35 bits per heavy atom. The fourth-order valence-corrected chi connectivity index (χ4v) is 1.42. The molecule has 2 aromatic rings. The Hall–Kier alpha value is -2.38. The van der Waals surface area contributed by atoms with E-state index in [1.54, 1.807) is 17.9 Å². The second kappa shape index (κ2) is 4.24. The van der Waals surface area contributed by atoms with Gasteiger partial charge in [-0.2, -0.15) is 5.10 Å². The van der Waals surface area contributed by atoms with Crippen molar-refractivity contribution in [2.24, 2.45) is 7.05 Å². The Labute approximate surface area is 97.0 Å². The van der Waals surface area contributed by atoms with E-state index in [-0.39, 0.29) is 17.4 Å². The van der Waals surface area contributed by atoms with E-state index in [2.05, 4.69) is 20.0 Å². The molecule has 8 nitrogen and oxygen atoms in total. The standard InChI is InChI=1S/C9H12N6O2/c1-14(4-6-3-11-15(2)5-6)9(16)7-8(10)13-17-12-7/h3,5H,4H2,1-2H3,(H2,10,13). The van der Waals surface area contributed by atoms with Gasteiger partial charge in [-0.25, -0.2) is 4.63 Å². The van der Waals surface area contributed by atoms with Crippen LogP contribution >= 0.6 is 0 Å². The van der Waals surface area contributed by atoms with Crippen LogP contribution in [0.1, 0.15) is 16.1 Å². The van der Waals surface area contributed by atoms with Crippen LogP contribution < -0.4 is 5.73 Å². The third-order valence-corrected chi connectivity index (χ3v) is 2.24. The number of nitrogens with zero attached hydrogens (tertiary/aromatic N) is 5. The van der Waals surface area contributed by atoms with Crippen molar-refractivity contribution in [1.29, 1.82) is 0 Å². The van der Waals surface area contributed by atoms with E-state index in [1.807, 2.05) is 13.2 Å². The molecule has 2 rings (SSSR count). The summed E-state index contributed by atoms with van der Waals surface area (Å²) in [6, 6.07) is 0. The van der Waals surface area contributed by atoms with Crippen LogP contribution in [0.25, 0.3) is 0 Å². The second-order valence-corrected chi connectivity index (χ2v) is 3.68. The van der Waals surface area contributed by atoms with Crippen molar-refractivity contribution in [3.05, 3.63) is 23.7 Å². The van der Waals surface area contributed by atoms with Crippen LogP contribution in [0.5, 0.6) is 0 Å². The number of hydrogen-bond donors (Lipinski definition) is 1. The Bertz CT molecular complexity index is 531. The molecule has 2 heterocycles. The molecular formula is C9H12N6O2. The Morgan fingerprint density at radius 3 is 2.88 bits per heavy atom. The van der Waals surface area contributed by atoms with Crippen LogP contribution in [-0.2, 0) is 13.6 Å². The molecule has 0 fully saturated rings. The van der Waals surface area contributed by atoms with Crippen molar-refractivity contribution in [3.63, 3.8) is 0 Å². The number of hydrogen-bond acceptors (Lipinski definition) is 6. The smallest absolute Gasteiger partial charge is 0.280 e. The van der Waals surface area contributed by atoms with Crippen molar-refractivity contribution in [1.82, 2.24) is 25.0 Å². The number of carbonyl (C=O) groups excluding carboxylic acids is 1. The van der Waals surface area contributed by atoms with Gasteiger partial charge in [-0.3, -0.25) is 9.48 Å². The van der Waals surface area contributed by atoms with Crippen molar-refractivity contribution < 1.29 is 9.42 Å². The van der Waals surface area contributed by atoms with Gasteiger partial charge in [0.05, 0.1) is 6.20 Å². The van der Waals surface area contributed by atoms with Gasteiger partial charge in [0.15, 0.2) is 0 Å². The highest BCUT2D eigenvalue weighted by Crippen LogP contribution is 2.10. The lowest BCUT2D eigenvalue weighted by Crippen LogP contribution is -2.27. The molecule has 17 heavy (non-hydrogen) atoms. The Balaban J connectivity index is 2.08. The summed E-state index contributed by atoms with van der Waals surface area (Å²) in [5.41, 5.74) is 6.39. The first-order chi connectivity index (χ1) is 8.08. The van der Waals surface area contributed by atoms with Crippen molar-refractivity contribution >= 4 is 11.7 Å².